The summed E-state index contributed by atoms with van der Waals surface area (Å²) >= 11 is 0.733. The third kappa shape index (κ3) is 26.4. The number of hydrogen-bond acceptors (Lipinski definition) is 2. The van der Waals surface area contributed by atoms with Gasteiger partial charge in [0.1, 0.15) is 0 Å². The van der Waals surface area contributed by atoms with Crippen LogP contribution in [0.3, 0.4) is 0 Å². The Kier molecular flexibility index (Phi) is 29.3. The van der Waals surface area contributed by atoms with Crippen LogP contribution in [0.25, 0.3) is 0 Å². The number of rotatable bonds is 0. The van der Waals surface area contributed by atoms with Gasteiger partial charge in [-0.25, -0.2) is 0 Å². The molecule has 6 heavy (non-hydrogen) atoms. The number of nitriles is 1. The first-order chi connectivity index (χ1) is 2.91. The fourth-order valence-corrected chi connectivity index (χ4v) is 0. The second-order valence-electron chi connectivity index (χ2n) is 0.333. The third-order valence-electron chi connectivity index (χ3n) is 0.0913. The van der Waals surface area contributed by atoms with Crippen LogP contribution in [-0.4, -0.2) is 0 Å². The molecule has 1 nitrogen and oxygen atoms in total. The van der Waals surface area contributed by atoms with Crippen LogP contribution in [-0.2, 0) is 23.7 Å². The van der Waals surface area contributed by atoms with Gasteiger partial charge < -0.3 is 0 Å². The van der Waals surface area contributed by atoms with E-state index >= 15 is 0 Å². The molecule has 0 atom stereocenters. The Bertz CT molecular complexity index is 65.7. The minimum absolute atomic E-state index is 0.733. The molecule has 0 amide bonds. The molecule has 0 bridgehead atoms. The molecule has 0 saturated heterocycles. The Morgan fingerprint density at radius 1 is 1.83 bits per heavy atom. The van der Waals surface area contributed by atoms with Crippen LogP contribution in [0.5, 0.6) is 0 Å². The van der Waals surface area contributed by atoms with Crippen molar-refractivity contribution in [1.82, 2.24) is 0 Å². The Balaban J connectivity index is 0. The summed E-state index contributed by atoms with van der Waals surface area (Å²) in [4.78, 5) is 0. The van der Waals surface area contributed by atoms with E-state index in [9.17, 15) is 0 Å². The first kappa shape index (κ1) is 9.62. The van der Waals surface area contributed by atoms with Crippen molar-refractivity contribution >= 4 is 8.65 Å². The Morgan fingerprint density at radius 3 is 2.00 bits per heavy atom. The van der Waals surface area contributed by atoms with E-state index in [1.807, 2.05) is 0 Å². The molecule has 0 unspecified atom stereocenters. The standard InChI is InChI=1S/C3H3N.Cd.S/c1-2-3-4;;/h2H,1H2;;. The second-order valence-corrected chi connectivity index (χ2v) is 0.333. The van der Waals surface area contributed by atoms with Gasteiger partial charge in [0, 0.05) is 6.08 Å². The molecule has 0 spiro atoms. The van der Waals surface area contributed by atoms with E-state index in [4.69, 9.17) is 5.26 Å². The van der Waals surface area contributed by atoms with Crippen LogP contribution in [0.1, 0.15) is 0 Å². The van der Waals surface area contributed by atoms with Crippen LogP contribution in [0.4, 0.5) is 0 Å². The average Bonchev–Trinajstić information content (AvgIpc) is 1.72. The Morgan fingerprint density at radius 2 is 2.00 bits per heavy atom. The average molecular weight is 198 g/mol. The van der Waals surface area contributed by atoms with Gasteiger partial charge in [0.25, 0.3) is 0 Å². The number of nitrogens with zero attached hydrogens (tertiary/aromatic N) is 1. The van der Waals surface area contributed by atoms with E-state index in [0.29, 0.717) is 0 Å². The molecule has 0 aliphatic heterocycles. The second kappa shape index (κ2) is 18.2. The van der Waals surface area contributed by atoms with Gasteiger partial charge in [-0.3, -0.25) is 0 Å². The quantitative estimate of drug-likeness (QED) is 0.432. The van der Waals surface area contributed by atoms with Crippen LogP contribution < -0.4 is 0 Å². The topological polar surface area (TPSA) is 23.8 Å². The fourth-order valence-electron chi connectivity index (χ4n) is 0. The van der Waals surface area contributed by atoms with E-state index in [-0.39, 0.29) is 0 Å². The predicted octanol–water partition coefficient (Wildman–Crippen LogP) is 1.34. The van der Waals surface area contributed by atoms with E-state index in [1.54, 1.807) is 6.07 Å². The monoisotopic (exact) mass is 199 g/mol. The van der Waals surface area contributed by atoms with Crippen LogP contribution in [0.2, 0.25) is 0 Å². The summed E-state index contributed by atoms with van der Waals surface area (Å²) in [5, 5.41) is 7.51. The summed E-state index contributed by atoms with van der Waals surface area (Å²) in [5.74, 6) is 0. The van der Waals surface area contributed by atoms with Gasteiger partial charge in [-0.1, -0.05) is 6.58 Å². The summed E-state index contributed by atoms with van der Waals surface area (Å²) in [6.07, 6.45) is 1.18. The molecule has 0 fully saturated rings. The molecule has 0 aromatic rings. The molecule has 0 rings (SSSR count). The van der Waals surface area contributed by atoms with E-state index < -0.39 is 0 Å². The molecule has 0 aromatic carbocycles. The van der Waals surface area contributed by atoms with Gasteiger partial charge in [0.15, 0.2) is 0 Å². The molecular weight excluding hydrogens is 195 g/mol. The molecule has 3 heteroatoms. The summed E-state index contributed by atoms with van der Waals surface area (Å²) < 4.78 is 0. The van der Waals surface area contributed by atoms with Crippen molar-refractivity contribution in [3.63, 3.8) is 0 Å². The zero-order valence-electron chi connectivity index (χ0n) is 3.35. The van der Waals surface area contributed by atoms with Crippen molar-refractivity contribution in [2.75, 3.05) is 0 Å². The first-order valence-corrected chi connectivity index (χ1v) is 6.73. The van der Waals surface area contributed by atoms with Crippen molar-refractivity contribution in [3.8, 4) is 6.07 Å². The molecule has 0 aliphatic carbocycles. The molecule has 0 saturated carbocycles. The summed E-state index contributed by atoms with van der Waals surface area (Å²) in [7, 11) is 4.25. The van der Waals surface area contributed by atoms with Crippen molar-refractivity contribution in [2.45, 2.75) is 0 Å². The van der Waals surface area contributed by atoms with Gasteiger partial charge >= 0.3 is 32.3 Å². The maximum atomic E-state index is 7.51. The van der Waals surface area contributed by atoms with Crippen molar-refractivity contribution in [3.05, 3.63) is 12.7 Å². The van der Waals surface area contributed by atoms with Gasteiger partial charge in [0.2, 0.25) is 0 Å². The first-order valence-electron chi connectivity index (χ1n) is 1.21. The number of allylic oxidation sites excluding steroid dienone is 1. The molecule has 28 valence electrons. The Hall–Kier alpha value is 0.372. The van der Waals surface area contributed by atoms with Crippen molar-refractivity contribution in [2.24, 2.45) is 0 Å². The van der Waals surface area contributed by atoms with Gasteiger partial charge in [-0.05, 0) is 0 Å². The zero-order valence-corrected chi connectivity index (χ0v) is 8.20. The van der Waals surface area contributed by atoms with Crippen LogP contribution >= 0.6 is 8.65 Å². The molecular formula is C3H3CdNS. The molecule has 0 heterocycles. The van der Waals surface area contributed by atoms with Crippen molar-refractivity contribution in [1.29, 1.82) is 5.26 Å². The zero-order chi connectivity index (χ0) is 5.41. The van der Waals surface area contributed by atoms with Gasteiger partial charge in [-0.15, -0.1) is 0 Å². The maximum absolute atomic E-state index is 7.51. The Labute approximate surface area is 56.2 Å². The predicted molar refractivity (Wildman–Crippen MR) is 23.4 cm³/mol. The molecule has 0 aromatic heterocycles. The van der Waals surface area contributed by atoms with Crippen molar-refractivity contribution < 1.29 is 23.7 Å². The molecule has 0 aliphatic rings. The summed E-state index contributed by atoms with van der Waals surface area (Å²) in [6, 6.07) is 1.69. The third-order valence-corrected chi connectivity index (χ3v) is 0.0913. The summed E-state index contributed by atoms with van der Waals surface area (Å²) in [6.45, 7) is 3.12. The van der Waals surface area contributed by atoms with Gasteiger partial charge in [-0.2, -0.15) is 5.26 Å². The number of hydrogen-bond donors (Lipinski definition) is 0. The normalized spacial score (nSPS) is 3.50. The molecule has 0 N–H and O–H groups in total. The van der Waals surface area contributed by atoms with E-state index in [1.165, 1.54) is 6.08 Å². The van der Waals surface area contributed by atoms with Crippen LogP contribution in [0.15, 0.2) is 12.7 Å². The van der Waals surface area contributed by atoms with E-state index in [0.717, 1.165) is 23.7 Å². The summed E-state index contributed by atoms with van der Waals surface area (Å²) in [5.41, 5.74) is 0. The SMILES string of the molecule is C=CC#N.[S]=[Cd]. The fraction of sp³-hybridized carbons (Fsp3) is 0. The molecule has 0 radical (unpaired) electrons. The van der Waals surface area contributed by atoms with E-state index in [2.05, 4.69) is 15.2 Å². The minimum atomic E-state index is 0.733. The van der Waals surface area contributed by atoms with Gasteiger partial charge in [0.05, 0.1) is 6.07 Å². The van der Waals surface area contributed by atoms with Crippen LogP contribution in [0, 0.1) is 11.3 Å².